The quantitative estimate of drug-likeness (QED) is 0.523. The van der Waals surface area contributed by atoms with Crippen LogP contribution in [-0.2, 0) is 26.1 Å². The van der Waals surface area contributed by atoms with Crippen LogP contribution in [0, 0.1) is 0 Å². The molecule has 1 spiro atoms. The standard InChI is InChI=1S/C12H12ClNO3/c13-10-4-3-8-9(14-10)2-1-5-12(8)6-16-7-17-11(12)15/h3-4H,1-2,5-7H2. The van der Waals surface area contributed by atoms with Crippen molar-refractivity contribution in [3.63, 3.8) is 0 Å². The molecular formula is C12H12ClNO3. The summed E-state index contributed by atoms with van der Waals surface area (Å²) in [6, 6.07) is 3.59. The number of halogens is 1. The highest BCUT2D eigenvalue weighted by molar-refractivity contribution is 6.29. The number of ether oxygens (including phenoxy) is 2. The lowest BCUT2D eigenvalue weighted by atomic mass is 9.71. The first-order chi connectivity index (χ1) is 8.22. The summed E-state index contributed by atoms with van der Waals surface area (Å²) in [4.78, 5) is 16.4. The lowest BCUT2D eigenvalue weighted by molar-refractivity contribution is -0.185. The van der Waals surface area contributed by atoms with E-state index in [1.54, 1.807) is 6.07 Å². The number of nitrogens with zero attached hydrogens (tertiary/aromatic N) is 1. The van der Waals surface area contributed by atoms with Gasteiger partial charge in [-0.15, -0.1) is 0 Å². The molecule has 90 valence electrons. The zero-order valence-electron chi connectivity index (χ0n) is 9.24. The van der Waals surface area contributed by atoms with Crippen molar-refractivity contribution in [2.45, 2.75) is 24.7 Å². The number of rotatable bonds is 0. The molecule has 1 aromatic rings. The van der Waals surface area contributed by atoms with Crippen LogP contribution < -0.4 is 0 Å². The van der Waals surface area contributed by atoms with Crippen LogP contribution in [-0.4, -0.2) is 24.4 Å². The average molecular weight is 254 g/mol. The molecule has 4 nitrogen and oxygen atoms in total. The van der Waals surface area contributed by atoms with Gasteiger partial charge in [-0.05, 0) is 30.9 Å². The number of aryl methyl sites for hydroxylation is 1. The van der Waals surface area contributed by atoms with Crippen LogP contribution in [0.2, 0.25) is 5.15 Å². The van der Waals surface area contributed by atoms with Crippen molar-refractivity contribution in [3.05, 3.63) is 28.5 Å². The van der Waals surface area contributed by atoms with Gasteiger partial charge in [0.05, 0.1) is 6.61 Å². The van der Waals surface area contributed by atoms with Gasteiger partial charge in [0.25, 0.3) is 0 Å². The monoisotopic (exact) mass is 253 g/mol. The molecule has 5 heteroatoms. The predicted molar refractivity (Wildman–Crippen MR) is 60.8 cm³/mol. The third-order valence-corrected chi connectivity index (χ3v) is 3.70. The molecule has 1 aliphatic carbocycles. The molecule has 0 amide bonds. The molecular weight excluding hydrogens is 242 g/mol. The van der Waals surface area contributed by atoms with Gasteiger partial charge < -0.3 is 9.47 Å². The third-order valence-electron chi connectivity index (χ3n) is 3.49. The van der Waals surface area contributed by atoms with Crippen LogP contribution in [0.1, 0.15) is 24.1 Å². The highest BCUT2D eigenvalue weighted by atomic mass is 35.5. The van der Waals surface area contributed by atoms with Crippen LogP contribution in [0.4, 0.5) is 0 Å². The van der Waals surface area contributed by atoms with Crippen molar-refractivity contribution in [3.8, 4) is 0 Å². The van der Waals surface area contributed by atoms with Gasteiger partial charge in [0.2, 0.25) is 0 Å². The average Bonchev–Trinajstić information content (AvgIpc) is 2.33. The second-order valence-electron chi connectivity index (χ2n) is 4.46. The summed E-state index contributed by atoms with van der Waals surface area (Å²) in [5, 5.41) is 0.464. The van der Waals surface area contributed by atoms with Crippen molar-refractivity contribution in [1.82, 2.24) is 4.98 Å². The largest absolute Gasteiger partial charge is 0.438 e. The summed E-state index contributed by atoms with van der Waals surface area (Å²) in [7, 11) is 0. The van der Waals surface area contributed by atoms with Crippen molar-refractivity contribution in [2.75, 3.05) is 13.4 Å². The first-order valence-corrected chi connectivity index (χ1v) is 6.01. The molecule has 1 fully saturated rings. The Kier molecular flexibility index (Phi) is 2.56. The van der Waals surface area contributed by atoms with E-state index in [-0.39, 0.29) is 12.8 Å². The molecule has 0 N–H and O–H groups in total. The fourth-order valence-electron chi connectivity index (χ4n) is 2.66. The molecule has 0 bridgehead atoms. The fraction of sp³-hybridized carbons (Fsp3) is 0.500. The second-order valence-corrected chi connectivity index (χ2v) is 4.85. The highest BCUT2D eigenvalue weighted by Crippen LogP contribution is 2.40. The lowest BCUT2D eigenvalue weighted by Gasteiger charge is -2.38. The van der Waals surface area contributed by atoms with E-state index in [2.05, 4.69) is 4.98 Å². The highest BCUT2D eigenvalue weighted by Gasteiger charge is 2.47. The van der Waals surface area contributed by atoms with Crippen molar-refractivity contribution in [2.24, 2.45) is 0 Å². The number of esters is 1. The third kappa shape index (κ3) is 1.63. The van der Waals surface area contributed by atoms with Gasteiger partial charge in [0.15, 0.2) is 6.79 Å². The Labute approximate surface area is 104 Å². The summed E-state index contributed by atoms with van der Waals surface area (Å²) in [5.41, 5.74) is 1.15. The number of aromatic nitrogens is 1. The van der Waals surface area contributed by atoms with E-state index >= 15 is 0 Å². The van der Waals surface area contributed by atoms with Crippen LogP contribution >= 0.6 is 11.6 Å². The molecule has 1 aromatic heterocycles. The molecule has 3 rings (SSSR count). The fourth-order valence-corrected chi connectivity index (χ4v) is 2.83. The van der Waals surface area contributed by atoms with Gasteiger partial charge >= 0.3 is 5.97 Å². The van der Waals surface area contributed by atoms with Gasteiger partial charge in [0, 0.05) is 5.69 Å². The Morgan fingerprint density at radius 1 is 1.41 bits per heavy atom. The van der Waals surface area contributed by atoms with Gasteiger partial charge in [-0.1, -0.05) is 17.7 Å². The van der Waals surface area contributed by atoms with Crippen LogP contribution in [0.15, 0.2) is 12.1 Å². The number of pyridine rings is 1. The first kappa shape index (κ1) is 11.0. The van der Waals surface area contributed by atoms with Crippen molar-refractivity contribution < 1.29 is 14.3 Å². The molecule has 1 unspecified atom stereocenters. The van der Waals surface area contributed by atoms with Crippen molar-refractivity contribution >= 4 is 17.6 Å². The number of carbonyl (C=O) groups is 1. The Morgan fingerprint density at radius 2 is 2.29 bits per heavy atom. The maximum Gasteiger partial charge on any atom is 0.321 e. The lowest BCUT2D eigenvalue weighted by Crippen LogP contribution is -2.48. The maximum atomic E-state index is 12.1. The van der Waals surface area contributed by atoms with Gasteiger partial charge in [-0.2, -0.15) is 0 Å². The van der Waals surface area contributed by atoms with E-state index in [0.29, 0.717) is 11.8 Å². The van der Waals surface area contributed by atoms with E-state index in [1.165, 1.54) is 0 Å². The number of carbonyl (C=O) groups excluding carboxylic acids is 1. The molecule has 0 radical (unpaired) electrons. The van der Waals surface area contributed by atoms with Crippen LogP contribution in [0.5, 0.6) is 0 Å². The Morgan fingerprint density at radius 3 is 3.12 bits per heavy atom. The van der Waals surface area contributed by atoms with Crippen LogP contribution in [0.25, 0.3) is 0 Å². The Hall–Kier alpha value is -1.13. The van der Waals surface area contributed by atoms with Gasteiger partial charge in [-0.3, -0.25) is 4.79 Å². The minimum Gasteiger partial charge on any atom is -0.438 e. The number of hydrogen-bond donors (Lipinski definition) is 0. The molecule has 1 saturated heterocycles. The summed E-state index contributed by atoms with van der Waals surface area (Å²) < 4.78 is 10.4. The van der Waals surface area contributed by atoms with Gasteiger partial charge in [-0.25, -0.2) is 4.98 Å². The number of hydrogen-bond acceptors (Lipinski definition) is 4. The molecule has 17 heavy (non-hydrogen) atoms. The molecule has 0 saturated carbocycles. The zero-order valence-corrected chi connectivity index (χ0v) is 10.00. The summed E-state index contributed by atoms with van der Waals surface area (Å²) in [5.74, 6) is -0.200. The van der Waals surface area contributed by atoms with E-state index in [9.17, 15) is 4.79 Å². The predicted octanol–water partition coefficient (Wildman–Crippen LogP) is 1.84. The topological polar surface area (TPSA) is 48.4 Å². The van der Waals surface area contributed by atoms with Gasteiger partial charge in [0.1, 0.15) is 10.6 Å². The summed E-state index contributed by atoms with van der Waals surface area (Å²) in [6.45, 7) is 0.430. The van der Waals surface area contributed by atoms with Crippen molar-refractivity contribution in [1.29, 1.82) is 0 Å². The molecule has 2 aliphatic rings. The first-order valence-electron chi connectivity index (χ1n) is 5.63. The molecule has 1 atom stereocenters. The number of fused-ring (bicyclic) bond motifs is 2. The zero-order chi connectivity index (χ0) is 11.9. The van der Waals surface area contributed by atoms with E-state index < -0.39 is 5.41 Å². The number of cyclic esters (lactones) is 1. The maximum absolute atomic E-state index is 12.1. The molecule has 0 aromatic carbocycles. The molecule has 1 aliphatic heterocycles. The second kappa shape index (κ2) is 3.96. The minimum absolute atomic E-state index is 0.0525. The van der Waals surface area contributed by atoms with E-state index in [4.69, 9.17) is 21.1 Å². The minimum atomic E-state index is -0.663. The molecule has 2 heterocycles. The SMILES string of the molecule is O=C1OCOCC12CCCc1nc(Cl)ccc12. The Bertz CT molecular complexity index is 477. The summed E-state index contributed by atoms with van der Waals surface area (Å²) in [6.07, 6.45) is 2.51. The van der Waals surface area contributed by atoms with Crippen LogP contribution in [0.3, 0.4) is 0 Å². The smallest absolute Gasteiger partial charge is 0.321 e. The van der Waals surface area contributed by atoms with E-state index in [1.807, 2.05) is 6.07 Å². The summed E-state index contributed by atoms with van der Waals surface area (Å²) >= 11 is 5.88. The normalized spacial score (nSPS) is 27.7. The Balaban J connectivity index is 2.12. The van der Waals surface area contributed by atoms with E-state index in [0.717, 1.165) is 30.5 Å².